The van der Waals surface area contributed by atoms with Crippen LogP contribution in [0.1, 0.15) is 20.3 Å². The Labute approximate surface area is 75.1 Å². The van der Waals surface area contributed by atoms with Gasteiger partial charge in [-0.25, -0.2) is 0 Å². The molecule has 0 aromatic heterocycles. The molecule has 3 nitrogen and oxygen atoms in total. The average molecular weight is 189 g/mol. The summed E-state index contributed by atoms with van der Waals surface area (Å²) in [7, 11) is -1.69. The highest BCUT2D eigenvalue weighted by Gasteiger charge is 1.99. The molecule has 0 aromatic rings. The molecule has 2 atom stereocenters. The Bertz CT molecular complexity index is 241. The second kappa shape index (κ2) is 5.94. The van der Waals surface area contributed by atoms with Gasteiger partial charge in [-0.3, -0.25) is 9.00 Å². The molecule has 0 bridgehead atoms. The van der Waals surface area contributed by atoms with Gasteiger partial charge in [0.2, 0.25) is 5.91 Å². The molecule has 0 spiro atoms. The Kier molecular flexibility index (Phi) is 5.62. The molecule has 1 unspecified atom stereocenters. The van der Waals surface area contributed by atoms with Crippen LogP contribution in [0.25, 0.3) is 0 Å². The van der Waals surface area contributed by atoms with Gasteiger partial charge in [0.05, 0.1) is 0 Å². The molecule has 0 fully saturated rings. The fraction of sp³-hybridized carbons (Fsp3) is 0.625. The molecule has 12 heavy (non-hydrogen) atoms. The van der Waals surface area contributed by atoms with Gasteiger partial charge in [0.1, 0.15) is 0 Å². The van der Waals surface area contributed by atoms with Crippen molar-refractivity contribution in [1.29, 1.82) is 0 Å². The van der Waals surface area contributed by atoms with E-state index in [4.69, 9.17) is 0 Å². The highest BCUT2D eigenvalue weighted by atomic mass is 32.2. The minimum absolute atomic E-state index is 0.286. The van der Waals surface area contributed by atoms with Crippen LogP contribution in [0.15, 0.2) is 17.0 Å². The third-order valence-electron chi connectivity index (χ3n) is 1.29. The number of allylic oxidation sites excluding steroid dienone is 1. The first-order valence-corrected chi connectivity index (χ1v) is 5.23. The maximum absolute atomic E-state index is 11.1. The molecule has 0 aliphatic rings. The van der Waals surface area contributed by atoms with Crippen molar-refractivity contribution in [2.24, 2.45) is 10.3 Å². The second-order valence-corrected chi connectivity index (χ2v) is 4.05. The predicted octanol–water partition coefficient (Wildman–Crippen LogP) is 1.41. The smallest absolute Gasteiger partial charge is 0.250 e. The van der Waals surface area contributed by atoms with E-state index in [1.165, 1.54) is 6.92 Å². The van der Waals surface area contributed by atoms with Crippen molar-refractivity contribution in [3.63, 3.8) is 0 Å². The molecule has 0 saturated heterocycles. The van der Waals surface area contributed by atoms with E-state index in [-0.39, 0.29) is 11.8 Å². The van der Waals surface area contributed by atoms with Gasteiger partial charge < -0.3 is 0 Å². The van der Waals surface area contributed by atoms with Gasteiger partial charge in [0.15, 0.2) is 0 Å². The monoisotopic (exact) mass is 189 g/mol. The number of rotatable bonds is 4. The number of thiol groups is 1. The van der Waals surface area contributed by atoms with Gasteiger partial charge in [-0.15, -0.1) is 6.58 Å². The molecular formula is C8H15NO2S. The van der Waals surface area contributed by atoms with E-state index in [0.29, 0.717) is 5.75 Å². The zero-order chi connectivity index (χ0) is 9.56. The average Bonchev–Trinajstić information content (AvgIpc) is 1.84. The number of amides is 1. The molecule has 1 amide bonds. The van der Waals surface area contributed by atoms with Crippen LogP contribution in [0.4, 0.5) is 0 Å². The number of hydrogen-bond donors (Lipinski definition) is 1. The van der Waals surface area contributed by atoms with Gasteiger partial charge in [0, 0.05) is 23.3 Å². The summed E-state index contributed by atoms with van der Waals surface area (Å²) in [5, 5.41) is 0. The molecule has 4 heteroatoms. The van der Waals surface area contributed by atoms with Crippen molar-refractivity contribution in [2.75, 3.05) is 5.75 Å². The van der Waals surface area contributed by atoms with Crippen LogP contribution < -0.4 is 0 Å². The Balaban J connectivity index is 4.00. The molecule has 0 radical (unpaired) electrons. The first-order chi connectivity index (χ1) is 5.56. The number of carbonyl (C=O) groups is 1. The van der Waals surface area contributed by atoms with Gasteiger partial charge in [-0.2, -0.15) is 4.36 Å². The zero-order valence-electron chi connectivity index (χ0n) is 7.49. The van der Waals surface area contributed by atoms with E-state index < -0.39 is 10.6 Å². The molecular weight excluding hydrogens is 174 g/mol. The van der Waals surface area contributed by atoms with Crippen molar-refractivity contribution >= 4 is 16.5 Å². The molecule has 0 aliphatic heterocycles. The minimum Gasteiger partial charge on any atom is -0.272 e. The van der Waals surface area contributed by atoms with Crippen LogP contribution >= 0.6 is 0 Å². The highest BCUT2D eigenvalue weighted by Crippen LogP contribution is 2.02. The van der Waals surface area contributed by atoms with Crippen LogP contribution in [-0.2, 0) is 15.4 Å². The zero-order valence-corrected chi connectivity index (χ0v) is 8.38. The SMILES string of the molecule is C=CC[C@H](C)C/[SH](=O)=N/C(C)=O. The molecule has 0 saturated carbocycles. The fourth-order valence-electron chi connectivity index (χ4n) is 0.824. The lowest BCUT2D eigenvalue weighted by Gasteiger charge is -2.02. The van der Waals surface area contributed by atoms with E-state index >= 15 is 0 Å². The summed E-state index contributed by atoms with van der Waals surface area (Å²) < 4.78 is 14.5. The summed E-state index contributed by atoms with van der Waals surface area (Å²) in [5.74, 6) is 0.400. The predicted molar refractivity (Wildman–Crippen MR) is 51.5 cm³/mol. The topological polar surface area (TPSA) is 46.5 Å². The molecule has 70 valence electrons. The normalized spacial score (nSPS) is 15.5. The Morgan fingerprint density at radius 2 is 2.33 bits per heavy atom. The summed E-state index contributed by atoms with van der Waals surface area (Å²) in [6.45, 7) is 6.85. The second-order valence-electron chi connectivity index (χ2n) is 2.78. The van der Waals surface area contributed by atoms with Crippen LogP contribution in [0.2, 0.25) is 0 Å². The first kappa shape index (κ1) is 11.4. The summed E-state index contributed by atoms with van der Waals surface area (Å²) in [4.78, 5) is 10.4. The maximum atomic E-state index is 11.1. The molecule has 0 aliphatic carbocycles. The van der Waals surface area contributed by atoms with Crippen LogP contribution in [0, 0.1) is 5.92 Å². The Morgan fingerprint density at radius 1 is 1.75 bits per heavy atom. The lowest BCUT2D eigenvalue weighted by atomic mass is 10.1. The van der Waals surface area contributed by atoms with E-state index in [2.05, 4.69) is 10.9 Å². The van der Waals surface area contributed by atoms with Gasteiger partial charge >= 0.3 is 0 Å². The summed E-state index contributed by atoms with van der Waals surface area (Å²) >= 11 is 0. The van der Waals surface area contributed by atoms with Gasteiger partial charge in [-0.1, -0.05) is 13.0 Å². The maximum Gasteiger partial charge on any atom is 0.250 e. The van der Waals surface area contributed by atoms with Crippen molar-refractivity contribution in [3.8, 4) is 0 Å². The largest absolute Gasteiger partial charge is 0.272 e. The lowest BCUT2D eigenvalue weighted by Crippen LogP contribution is -2.02. The van der Waals surface area contributed by atoms with E-state index in [1.807, 2.05) is 6.92 Å². The fourth-order valence-corrected chi connectivity index (χ4v) is 1.90. The number of hydrogen-bond acceptors (Lipinski definition) is 2. The van der Waals surface area contributed by atoms with Crippen molar-refractivity contribution in [3.05, 3.63) is 12.7 Å². The molecule has 0 aromatic carbocycles. The van der Waals surface area contributed by atoms with E-state index in [1.54, 1.807) is 6.08 Å². The number of carbonyl (C=O) groups excluding carboxylic acids is 1. The molecule has 0 heterocycles. The van der Waals surface area contributed by atoms with Crippen LogP contribution in [-0.4, -0.2) is 15.9 Å². The summed E-state index contributed by atoms with van der Waals surface area (Å²) in [6.07, 6.45) is 2.59. The third-order valence-corrected chi connectivity index (χ3v) is 2.73. The van der Waals surface area contributed by atoms with Gasteiger partial charge in [0.25, 0.3) is 0 Å². The van der Waals surface area contributed by atoms with Crippen LogP contribution in [0.3, 0.4) is 0 Å². The first-order valence-electron chi connectivity index (χ1n) is 3.84. The lowest BCUT2D eigenvalue weighted by molar-refractivity contribution is -0.115. The minimum atomic E-state index is -1.69. The van der Waals surface area contributed by atoms with E-state index in [9.17, 15) is 9.00 Å². The number of nitrogens with zero attached hydrogens (tertiary/aromatic N) is 1. The Morgan fingerprint density at radius 3 is 2.75 bits per heavy atom. The van der Waals surface area contributed by atoms with Crippen molar-refractivity contribution in [1.82, 2.24) is 0 Å². The summed E-state index contributed by atoms with van der Waals surface area (Å²) in [6, 6.07) is 0. The van der Waals surface area contributed by atoms with E-state index in [0.717, 1.165) is 6.42 Å². The van der Waals surface area contributed by atoms with Crippen molar-refractivity contribution < 1.29 is 9.00 Å². The standard InChI is InChI=1S/C8H15NO2S/c1-4-5-7(2)6-12(11)9-8(3)10/h4,7,12H,1,5-6H2,2-3H3/t7-/m0/s1. The van der Waals surface area contributed by atoms with Crippen LogP contribution in [0.5, 0.6) is 0 Å². The van der Waals surface area contributed by atoms with Gasteiger partial charge in [-0.05, 0) is 12.3 Å². The third kappa shape index (κ3) is 6.09. The highest BCUT2D eigenvalue weighted by molar-refractivity contribution is 7.75. The Hall–Kier alpha value is -0.640. The summed E-state index contributed by atoms with van der Waals surface area (Å²) in [5.41, 5.74) is 0. The quantitative estimate of drug-likeness (QED) is 0.537. The van der Waals surface area contributed by atoms with Crippen molar-refractivity contribution in [2.45, 2.75) is 20.3 Å². The molecule has 0 N–H and O–H groups in total. The molecule has 0 rings (SSSR count).